The molecule has 2 aliphatic rings. The molecule has 0 radical (unpaired) electrons. The van der Waals surface area contributed by atoms with Crippen molar-refractivity contribution in [3.05, 3.63) is 29.3 Å². The average Bonchev–Trinajstić information content (AvgIpc) is 3.23. The zero-order chi connectivity index (χ0) is 15.9. The second kappa shape index (κ2) is 10.4. The van der Waals surface area contributed by atoms with Gasteiger partial charge < -0.3 is 15.4 Å². The number of fused-ring (bicyclic) bond motifs is 1. The maximum atomic E-state index is 5.56. The molecule has 2 aliphatic heterocycles. The summed E-state index contributed by atoms with van der Waals surface area (Å²) in [5, 5.41) is 7.51. The topological polar surface area (TPSA) is 45.7 Å². The van der Waals surface area contributed by atoms with Gasteiger partial charge in [0.1, 0.15) is 5.75 Å². The van der Waals surface area contributed by atoms with Gasteiger partial charge in [0.05, 0.1) is 13.2 Å². The van der Waals surface area contributed by atoms with Crippen molar-refractivity contribution in [3.63, 3.8) is 0 Å². The Balaban J connectivity index is 0.00000208. The van der Waals surface area contributed by atoms with Gasteiger partial charge in [0.25, 0.3) is 0 Å². The molecule has 0 aliphatic carbocycles. The Labute approximate surface area is 166 Å². The van der Waals surface area contributed by atoms with E-state index in [0.717, 1.165) is 50.8 Å². The first kappa shape index (κ1) is 19.7. The number of hydrogen-bond donors (Lipinski definition) is 2. The van der Waals surface area contributed by atoms with Crippen molar-refractivity contribution in [1.82, 2.24) is 10.6 Å². The first-order chi connectivity index (χ1) is 11.3. The number of aliphatic imine (C=N–C) groups is 1. The zero-order valence-corrected chi connectivity index (χ0v) is 17.5. The van der Waals surface area contributed by atoms with Gasteiger partial charge in [-0.05, 0) is 49.1 Å². The second-order valence-corrected chi connectivity index (χ2v) is 7.48. The summed E-state index contributed by atoms with van der Waals surface area (Å²) in [4.78, 5) is 4.74. The molecule has 0 amide bonds. The van der Waals surface area contributed by atoms with Crippen LogP contribution in [0.25, 0.3) is 0 Å². The van der Waals surface area contributed by atoms with Crippen molar-refractivity contribution >= 4 is 41.7 Å². The van der Waals surface area contributed by atoms with E-state index in [2.05, 4.69) is 47.5 Å². The number of halogens is 1. The zero-order valence-electron chi connectivity index (χ0n) is 14.3. The van der Waals surface area contributed by atoms with Crippen LogP contribution in [-0.4, -0.2) is 43.2 Å². The Hall–Kier alpha value is -0.630. The second-order valence-electron chi connectivity index (χ2n) is 6.07. The predicted molar refractivity (Wildman–Crippen MR) is 114 cm³/mol. The molecule has 1 fully saturated rings. The highest BCUT2D eigenvalue weighted by molar-refractivity contribution is 14.0. The minimum atomic E-state index is 0. The van der Waals surface area contributed by atoms with Crippen molar-refractivity contribution < 1.29 is 4.74 Å². The van der Waals surface area contributed by atoms with Crippen LogP contribution in [0.3, 0.4) is 0 Å². The minimum Gasteiger partial charge on any atom is -0.493 e. The van der Waals surface area contributed by atoms with E-state index in [-0.39, 0.29) is 24.0 Å². The Kier molecular flexibility index (Phi) is 8.52. The number of nitrogens with one attached hydrogen (secondary N) is 2. The molecule has 0 saturated carbocycles. The molecular weight excluding hydrogens is 433 g/mol. The average molecular weight is 461 g/mol. The van der Waals surface area contributed by atoms with Gasteiger partial charge in [-0.2, -0.15) is 11.8 Å². The number of nitrogens with zero attached hydrogens (tertiary/aromatic N) is 1. The van der Waals surface area contributed by atoms with Gasteiger partial charge in [-0.25, -0.2) is 0 Å². The number of benzene rings is 1. The Morgan fingerprint density at radius 3 is 3.08 bits per heavy atom. The molecule has 1 atom stereocenters. The van der Waals surface area contributed by atoms with Crippen LogP contribution in [0, 0.1) is 0 Å². The summed E-state index contributed by atoms with van der Waals surface area (Å²) in [5.41, 5.74) is 2.71. The summed E-state index contributed by atoms with van der Waals surface area (Å²) >= 11 is 2.06. The van der Waals surface area contributed by atoms with Gasteiger partial charge >= 0.3 is 0 Å². The smallest absolute Gasteiger partial charge is 0.191 e. The molecule has 2 N–H and O–H groups in total. The molecule has 0 bridgehead atoms. The van der Waals surface area contributed by atoms with E-state index in [0.29, 0.717) is 5.25 Å². The van der Waals surface area contributed by atoms with Crippen LogP contribution < -0.4 is 15.4 Å². The number of ether oxygens (including phenoxy) is 1. The van der Waals surface area contributed by atoms with Crippen molar-refractivity contribution in [3.8, 4) is 5.75 Å². The van der Waals surface area contributed by atoms with E-state index < -0.39 is 0 Å². The first-order valence-corrected chi connectivity index (χ1v) is 9.78. The van der Waals surface area contributed by atoms with Crippen LogP contribution in [0.4, 0.5) is 0 Å². The SMILES string of the molecule is CCNC(=NCC1CCCS1)NCCc1ccc2c(c1)CCO2.I. The Morgan fingerprint density at radius 2 is 2.29 bits per heavy atom. The fourth-order valence-corrected chi connectivity index (χ4v) is 4.22. The van der Waals surface area contributed by atoms with E-state index in [1.54, 1.807) is 0 Å². The monoisotopic (exact) mass is 461 g/mol. The molecule has 134 valence electrons. The molecule has 24 heavy (non-hydrogen) atoms. The normalized spacial score (nSPS) is 19.4. The fourth-order valence-electron chi connectivity index (χ4n) is 3.04. The molecule has 1 unspecified atom stereocenters. The molecule has 0 spiro atoms. The maximum Gasteiger partial charge on any atom is 0.191 e. The van der Waals surface area contributed by atoms with Crippen molar-refractivity contribution in [2.45, 2.75) is 37.9 Å². The lowest BCUT2D eigenvalue weighted by molar-refractivity contribution is 0.357. The Morgan fingerprint density at radius 1 is 1.38 bits per heavy atom. The standard InChI is InChI=1S/C18H27N3OS.HI/c1-2-19-18(21-13-16-4-3-11-23-16)20-9-7-14-5-6-17-15(12-14)8-10-22-17;/h5-6,12,16H,2-4,7-11,13H2,1H3,(H2,19,20,21);1H. The molecule has 1 aromatic carbocycles. The van der Waals surface area contributed by atoms with Gasteiger partial charge in [0, 0.05) is 24.8 Å². The molecule has 1 aromatic rings. The minimum absolute atomic E-state index is 0. The van der Waals surface area contributed by atoms with Crippen molar-refractivity contribution in [1.29, 1.82) is 0 Å². The summed E-state index contributed by atoms with van der Waals surface area (Å²) < 4.78 is 5.56. The lowest BCUT2D eigenvalue weighted by Crippen LogP contribution is -2.38. The fraction of sp³-hybridized carbons (Fsp3) is 0.611. The summed E-state index contributed by atoms with van der Waals surface area (Å²) in [6.45, 7) is 5.68. The predicted octanol–water partition coefficient (Wildman–Crippen LogP) is 3.23. The van der Waals surface area contributed by atoms with Gasteiger partial charge in [-0.1, -0.05) is 12.1 Å². The molecular formula is C18H28IN3OS. The van der Waals surface area contributed by atoms with E-state index in [1.165, 1.54) is 29.7 Å². The number of rotatable bonds is 6. The molecule has 3 rings (SSSR count). The van der Waals surface area contributed by atoms with Crippen LogP contribution >= 0.6 is 35.7 Å². The largest absolute Gasteiger partial charge is 0.493 e. The highest BCUT2D eigenvalue weighted by Crippen LogP contribution is 2.26. The number of guanidine groups is 1. The van der Waals surface area contributed by atoms with E-state index in [4.69, 9.17) is 9.73 Å². The van der Waals surface area contributed by atoms with Crippen LogP contribution in [-0.2, 0) is 12.8 Å². The molecule has 4 nitrogen and oxygen atoms in total. The van der Waals surface area contributed by atoms with Crippen LogP contribution in [0.5, 0.6) is 5.75 Å². The Bertz CT molecular complexity index is 547. The molecule has 1 saturated heterocycles. The summed E-state index contributed by atoms with van der Waals surface area (Å²) in [6, 6.07) is 6.56. The third-order valence-corrected chi connectivity index (χ3v) is 5.66. The highest BCUT2D eigenvalue weighted by Gasteiger charge is 2.15. The van der Waals surface area contributed by atoms with Gasteiger partial charge in [0.15, 0.2) is 5.96 Å². The summed E-state index contributed by atoms with van der Waals surface area (Å²) in [7, 11) is 0. The quantitative estimate of drug-likeness (QED) is 0.388. The highest BCUT2D eigenvalue weighted by atomic mass is 127. The van der Waals surface area contributed by atoms with Crippen molar-refractivity contribution in [2.75, 3.05) is 32.0 Å². The first-order valence-electron chi connectivity index (χ1n) is 8.73. The maximum absolute atomic E-state index is 5.56. The van der Waals surface area contributed by atoms with Gasteiger partial charge in [-0.15, -0.1) is 24.0 Å². The van der Waals surface area contributed by atoms with E-state index in [1.807, 2.05) is 0 Å². The number of hydrogen-bond acceptors (Lipinski definition) is 3. The van der Waals surface area contributed by atoms with Gasteiger partial charge in [0.2, 0.25) is 0 Å². The van der Waals surface area contributed by atoms with Crippen LogP contribution in [0.15, 0.2) is 23.2 Å². The lowest BCUT2D eigenvalue weighted by Gasteiger charge is -2.13. The third-order valence-electron chi connectivity index (χ3n) is 4.28. The third kappa shape index (κ3) is 5.72. The van der Waals surface area contributed by atoms with Gasteiger partial charge in [-0.3, -0.25) is 4.99 Å². The number of thioether (sulfide) groups is 1. The lowest BCUT2D eigenvalue weighted by atomic mass is 10.1. The summed E-state index contributed by atoms with van der Waals surface area (Å²) in [5.74, 6) is 3.31. The molecule has 2 heterocycles. The molecule has 6 heteroatoms. The molecule has 0 aromatic heterocycles. The van der Waals surface area contributed by atoms with E-state index in [9.17, 15) is 0 Å². The van der Waals surface area contributed by atoms with Crippen molar-refractivity contribution in [2.24, 2.45) is 4.99 Å². The van der Waals surface area contributed by atoms with Crippen LogP contribution in [0.2, 0.25) is 0 Å². The van der Waals surface area contributed by atoms with E-state index >= 15 is 0 Å². The van der Waals surface area contributed by atoms with Crippen LogP contribution in [0.1, 0.15) is 30.9 Å². The summed E-state index contributed by atoms with van der Waals surface area (Å²) in [6.07, 6.45) is 4.71.